The van der Waals surface area contributed by atoms with Crippen molar-refractivity contribution in [1.29, 1.82) is 0 Å². The smallest absolute Gasteiger partial charge is 0.261 e. The maximum atomic E-state index is 12.9. The van der Waals surface area contributed by atoms with Gasteiger partial charge in [-0.05, 0) is 25.6 Å². The molecular formula is C10H14F2N2. The molecule has 0 saturated heterocycles. The molecule has 0 aliphatic rings. The average molecular weight is 200 g/mol. The lowest BCUT2D eigenvalue weighted by molar-refractivity contribution is 0.0369. The van der Waals surface area contributed by atoms with Gasteiger partial charge in [0, 0.05) is 6.20 Å². The maximum absolute atomic E-state index is 12.9. The number of hydrogen-bond donors (Lipinski definition) is 1. The molecule has 0 aliphatic carbocycles. The van der Waals surface area contributed by atoms with Crippen LogP contribution in [0.1, 0.15) is 19.5 Å². The molecule has 0 saturated carbocycles. The summed E-state index contributed by atoms with van der Waals surface area (Å²) in [6, 6.07) is 5.02. The van der Waals surface area contributed by atoms with E-state index in [2.05, 4.69) is 10.3 Å². The molecule has 1 aromatic heterocycles. The van der Waals surface area contributed by atoms with Gasteiger partial charge in [-0.1, -0.05) is 13.0 Å². The summed E-state index contributed by atoms with van der Waals surface area (Å²) >= 11 is 0. The minimum Gasteiger partial charge on any atom is -0.302 e. The van der Waals surface area contributed by atoms with Crippen LogP contribution in [-0.4, -0.2) is 18.0 Å². The molecule has 14 heavy (non-hydrogen) atoms. The highest BCUT2D eigenvalue weighted by Crippen LogP contribution is 2.25. The van der Waals surface area contributed by atoms with Crippen LogP contribution in [0.5, 0.6) is 0 Å². The first-order valence-electron chi connectivity index (χ1n) is 4.56. The molecule has 0 spiro atoms. The van der Waals surface area contributed by atoms with E-state index in [0.29, 0.717) is 12.2 Å². The molecule has 1 unspecified atom stereocenters. The molecule has 1 atom stereocenters. The summed E-state index contributed by atoms with van der Waals surface area (Å²) in [7, 11) is 0. The van der Waals surface area contributed by atoms with Gasteiger partial charge in [0.15, 0.2) is 0 Å². The summed E-state index contributed by atoms with van der Waals surface area (Å²) in [5.41, 5.74) is -0.979. The second-order valence-corrected chi connectivity index (χ2v) is 3.25. The van der Waals surface area contributed by atoms with E-state index >= 15 is 0 Å². The van der Waals surface area contributed by atoms with Crippen molar-refractivity contribution < 1.29 is 8.78 Å². The monoisotopic (exact) mass is 200 g/mol. The molecule has 4 heteroatoms. The summed E-state index contributed by atoms with van der Waals surface area (Å²) in [5, 5.41) is 2.76. The lowest BCUT2D eigenvalue weighted by Gasteiger charge is -2.28. The van der Waals surface area contributed by atoms with Gasteiger partial charge in [-0.25, -0.2) is 8.78 Å². The fraction of sp³-hybridized carbons (Fsp3) is 0.500. The third-order valence-corrected chi connectivity index (χ3v) is 2.18. The van der Waals surface area contributed by atoms with Crippen LogP contribution in [0.4, 0.5) is 8.78 Å². The summed E-state index contributed by atoms with van der Waals surface area (Å²) in [6.07, 6.45) is -0.954. The van der Waals surface area contributed by atoms with Crippen molar-refractivity contribution in [2.45, 2.75) is 25.8 Å². The molecule has 1 aromatic rings. The lowest BCUT2D eigenvalue weighted by Crippen LogP contribution is -2.46. The van der Waals surface area contributed by atoms with Crippen LogP contribution in [-0.2, 0) is 5.54 Å². The highest BCUT2D eigenvalue weighted by molar-refractivity contribution is 5.15. The van der Waals surface area contributed by atoms with Gasteiger partial charge < -0.3 is 5.32 Å². The Hall–Kier alpha value is -1.03. The summed E-state index contributed by atoms with van der Waals surface area (Å²) in [6.45, 7) is 3.74. The van der Waals surface area contributed by atoms with Gasteiger partial charge in [-0.2, -0.15) is 0 Å². The quantitative estimate of drug-likeness (QED) is 0.805. The zero-order valence-electron chi connectivity index (χ0n) is 8.30. The molecule has 2 nitrogen and oxygen atoms in total. The molecule has 1 N–H and O–H groups in total. The second-order valence-electron chi connectivity index (χ2n) is 3.25. The van der Waals surface area contributed by atoms with Crippen LogP contribution in [0, 0.1) is 0 Å². The number of halogens is 2. The second kappa shape index (κ2) is 4.46. The minimum atomic E-state index is -2.47. The van der Waals surface area contributed by atoms with Crippen LogP contribution in [0.2, 0.25) is 0 Å². The Kier molecular flexibility index (Phi) is 3.52. The van der Waals surface area contributed by atoms with E-state index in [0.717, 1.165) is 0 Å². The van der Waals surface area contributed by atoms with Crippen molar-refractivity contribution in [2.24, 2.45) is 0 Å². The Morgan fingerprint density at radius 1 is 1.50 bits per heavy atom. The summed E-state index contributed by atoms with van der Waals surface area (Å²) in [5.74, 6) is 0. The number of pyridine rings is 1. The van der Waals surface area contributed by atoms with Gasteiger partial charge in [0.25, 0.3) is 6.43 Å². The molecule has 0 fully saturated rings. The van der Waals surface area contributed by atoms with Gasteiger partial charge in [-0.15, -0.1) is 0 Å². The van der Waals surface area contributed by atoms with E-state index < -0.39 is 12.0 Å². The van der Waals surface area contributed by atoms with Crippen molar-refractivity contribution >= 4 is 0 Å². The fourth-order valence-corrected chi connectivity index (χ4v) is 1.32. The molecule has 0 radical (unpaired) electrons. The van der Waals surface area contributed by atoms with Crippen molar-refractivity contribution in [1.82, 2.24) is 10.3 Å². The van der Waals surface area contributed by atoms with Gasteiger partial charge >= 0.3 is 0 Å². The number of rotatable bonds is 4. The zero-order valence-corrected chi connectivity index (χ0v) is 8.30. The van der Waals surface area contributed by atoms with Gasteiger partial charge in [0.2, 0.25) is 0 Å². The molecule has 0 bridgehead atoms. The van der Waals surface area contributed by atoms with E-state index in [9.17, 15) is 8.78 Å². The Bertz CT molecular complexity index is 277. The first kappa shape index (κ1) is 11.0. The molecular weight excluding hydrogens is 186 g/mol. The van der Waals surface area contributed by atoms with E-state index in [-0.39, 0.29) is 0 Å². The highest BCUT2D eigenvalue weighted by atomic mass is 19.3. The molecule has 0 aliphatic heterocycles. The van der Waals surface area contributed by atoms with E-state index in [1.807, 2.05) is 0 Å². The van der Waals surface area contributed by atoms with Crippen LogP contribution in [0.25, 0.3) is 0 Å². The number of aromatic nitrogens is 1. The average Bonchev–Trinajstić information content (AvgIpc) is 2.19. The van der Waals surface area contributed by atoms with Crippen molar-refractivity contribution in [3.05, 3.63) is 30.1 Å². The van der Waals surface area contributed by atoms with E-state index in [1.165, 1.54) is 13.1 Å². The van der Waals surface area contributed by atoms with Gasteiger partial charge in [0.05, 0.1) is 5.69 Å². The predicted octanol–water partition coefficient (Wildman–Crippen LogP) is 2.17. The third-order valence-electron chi connectivity index (χ3n) is 2.18. The van der Waals surface area contributed by atoms with Crippen LogP contribution in [0.3, 0.4) is 0 Å². The van der Waals surface area contributed by atoms with Gasteiger partial charge in [-0.3, -0.25) is 4.98 Å². The third kappa shape index (κ3) is 2.07. The van der Waals surface area contributed by atoms with Crippen molar-refractivity contribution in [2.75, 3.05) is 6.54 Å². The summed E-state index contributed by atoms with van der Waals surface area (Å²) in [4.78, 5) is 3.95. The molecule has 1 rings (SSSR count). The first-order valence-corrected chi connectivity index (χ1v) is 4.56. The van der Waals surface area contributed by atoms with Crippen LogP contribution in [0.15, 0.2) is 24.4 Å². The maximum Gasteiger partial charge on any atom is 0.261 e. The van der Waals surface area contributed by atoms with Crippen LogP contribution >= 0.6 is 0 Å². The normalized spacial score (nSPS) is 15.5. The van der Waals surface area contributed by atoms with Crippen molar-refractivity contribution in [3.8, 4) is 0 Å². The van der Waals surface area contributed by atoms with Crippen LogP contribution < -0.4 is 5.32 Å². The Labute approximate surface area is 82.4 Å². The Balaban J connectivity index is 2.99. The number of alkyl halides is 2. The fourth-order valence-electron chi connectivity index (χ4n) is 1.32. The molecule has 0 amide bonds. The minimum absolute atomic E-state index is 0.372. The lowest BCUT2D eigenvalue weighted by atomic mass is 9.97. The predicted molar refractivity (Wildman–Crippen MR) is 51.3 cm³/mol. The number of hydrogen-bond acceptors (Lipinski definition) is 2. The highest BCUT2D eigenvalue weighted by Gasteiger charge is 2.37. The van der Waals surface area contributed by atoms with Crippen molar-refractivity contribution in [3.63, 3.8) is 0 Å². The Morgan fingerprint density at radius 2 is 2.21 bits per heavy atom. The van der Waals surface area contributed by atoms with E-state index in [4.69, 9.17) is 0 Å². The van der Waals surface area contributed by atoms with E-state index in [1.54, 1.807) is 25.1 Å². The largest absolute Gasteiger partial charge is 0.302 e. The molecule has 78 valence electrons. The van der Waals surface area contributed by atoms with Gasteiger partial charge in [0.1, 0.15) is 5.54 Å². The molecule has 0 aromatic carbocycles. The topological polar surface area (TPSA) is 24.9 Å². The molecule has 1 heterocycles. The first-order chi connectivity index (χ1) is 6.61. The number of nitrogens with one attached hydrogen (secondary N) is 1. The number of nitrogens with zero attached hydrogens (tertiary/aromatic N) is 1. The standard InChI is InChI=1S/C10H14F2N2/c1-3-14-10(2,9(11)12)8-6-4-5-7-13-8/h4-7,9,14H,3H2,1-2H3. The Morgan fingerprint density at radius 3 is 2.64 bits per heavy atom. The zero-order chi connectivity index (χ0) is 10.6. The SMILES string of the molecule is CCNC(C)(c1ccccn1)C(F)F. The summed E-state index contributed by atoms with van der Waals surface area (Å²) < 4.78 is 25.7.